The van der Waals surface area contributed by atoms with E-state index in [0.717, 1.165) is 16.7 Å². The normalized spacial score (nSPS) is 12.0. The SMILES string of the molecule is Cc1ccc(-c2cc(C(=O)N[C@H](C)C(=O)O)[nH]n2)c(C)c1. The molecule has 0 aliphatic heterocycles. The lowest BCUT2D eigenvalue weighted by molar-refractivity contribution is -0.138. The number of nitrogens with one attached hydrogen (secondary N) is 2. The number of aryl methyl sites for hydroxylation is 2. The van der Waals surface area contributed by atoms with Crippen LogP contribution in [0.3, 0.4) is 0 Å². The fourth-order valence-electron chi connectivity index (χ4n) is 2.01. The Morgan fingerprint density at radius 1 is 1.29 bits per heavy atom. The molecule has 6 heteroatoms. The predicted octanol–water partition coefficient (Wildman–Crippen LogP) is 1.90. The minimum absolute atomic E-state index is 0.234. The quantitative estimate of drug-likeness (QED) is 0.800. The molecule has 0 bridgehead atoms. The number of amides is 1. The second-order valence-electron chi connectivity index (χ2n) is 5.02. The molecule has 2 rings (SSSR count). The molecular weight excluding hydrogens is 270 g/mol. The third-order valence-electron chi connectivity index (χ3n) is 3.20. The predicted molar refractivity (Wildman–Crippen MR) is 78.1 cm³/mol. The maximum Gasteiger partial charge on any atom is 0.325 e. The number of aromatic nitrogens is 2. The average Bonchev–Trinajstić information content (AvgIpc) is 2.87. The van der Waals surface area contributed by atoms with Gasteiger partial charge in [-0.15, -0.1) is 0 Å². The number of hydrogen-bond acceptors (Lipinski definition) is 3. The lowest BCUT2D eigenvalue weighted by Crippen LogP contribution is -2.38. The van der Waals surface area contributed by atoms with Gasteiger partial charge in [0.05, 0.1) is 5.69 Å². The summed E-state index contributed by atoms with van der Waals surface area (Å²) in [6.45, 7) is 5.39. The molecule has 0 saturated carbocycles. The molecule has 21 heavy (non-hydrogen) atoms. The van der Waals surface area contributed by atoms with Gasteiger partial charge in [0.1, 0.15) is 11.7 Å². The minimum Gasteiger partial charge on any atom is -0.480 e. The van der Waals surface area contributed by atoms with Crippen LogP contribution in [0.2, 0.25) is 0 Å². The van der Waals surface area contributed by atoms with Crippen molar-refractivity contribution in [1.82, 2.24) is 15.5 Å². The number of aromatic amines is 1. The summed E-state index contributed by atoms with van der Waals surface area (Å²) < 4.78 is 0. The first-order valence-electron chi connectivity index (χ1n) is 6.55. The number of carbonyl (C=O) groups excluding carboxylic acids is 1. The number of benzene rings is 1. The van der Waals surface area contributed by atoms with Crippen molar-refractivity contribution in [3.05, 3.63) is 41.1 Å². The highest BCUT2D eigenvalue weighted by atomic mass is 16.4. The van der Waals surface area contributed by atoms with Crippen LogP contribution in [-0.2, 0) is 4.79 Å². The molecule has 1 aromatic heterocycles. The molecule has 1 atom stereocenters. The number of rotatable bonds is 4. The Balaban J connectivity index is 2.21. The van der Waals surface area contributed by atoms with Crippen LogP contribution in [0.25, 0.3) is 11.3 Å². The second-order valence-corrected chi connectivity index (χ2v) is 5.02. The molecule has 0 unspecified atom stereocenters. The third-order valence-corrected chi connectivity index (χ3v) is 3.20. The number of carboxylic acids is 1. The fourth-order valence-corrected chi connectivity index (χ4v) is 2.01. The monoisotopic (exact) mass is 287 g/mol. The molecule has 1 amide bonds. The molecule has 0 radical (unpaired) electrons. The zero-order chi connectivity index (χ0) is 15.6. The van der Waals surface area contributed by atoms with E-state index in [2.05, 4.69) is 15.5 Å². The first kappa shape index (κ1) is 14.8. The Morgan fingerprint density at radius 3 is 2.62 bits per heavy atom. The molecule has 0 fully saturated rings. The van der Waals surface area contributed by atoms with E-state index in [1.165, 1.54) is 6.92 Å². The average molecular weight is 287 g/mol. The van der Waals surface area contributed by atoms with E-state index in [1.54, 1.807) is 6.07 Å². The van der Waals surface area contributed by atoms with Crippen molar-refractivity contribution >= 4 is 11.9 Å². The molecule has 0 saturated heterocycles. The molecule has 1 heterocycles. The van der Waals surface area contributed by atoms with Gasteiger partial charge in [-0.05, 0) is 32.4 Å². The van der Waals surface area contributed by atoms with Crippen molar-refractivity contribution in [2.24, 2.45) is 0 Å². The van der Waals surface area contributed by atoms with Crippen molar-refractivity contribution < 1.29 is 14.7 Å². The highest BCUT2D eigenvalue weighted by Crippen LogP contribution is 2.22. The summed E-state index contributed by atoms with van der Waals surface area (Å²) in [5, 5.41) is 17.9. The van der Waals surface area contributed by atoms with Crippen LogP contribution in [0.15, 0.2) is 24.3 Å². The van der Waals surface area contributed by atoms with Crippen molar-refractivity contribution in [2.75, 3.05) is 0 Å². The standard InChI is InChI=1S/C15H17N3O3/c1-8-4-5-11(9(2)6-8)12-7-13(18-17-12)14(19)16-10(3)15(20)21/h4-7,10H,1-3H3,(H,16,19)(H,17,18)(H,20,21)/t10-/m1/s1. The van der Waals surface area contributed by atoms with Crippen LogP contribution in [-0.4, -0.2) is 33.2 Å². The largest absolute Gasteiger partial charge is 0.480 e. The molecule has 110 valence electrons. The highest BCUT2D eigenvalue weighted by Gasteiger charge is 2.17. The summed E-state index contributed by atoms with van der Waals surface area (Å²) in [4.78, 5) is 22.6. The van der Waals surface area contributed by atoms with E-state index in [4.69, 9.17) is 5.11 Å². The summed E-state index contributed by atoms with van der Waals surface area (Å²) in [7, 11) is 0. The second kappa shape index (κ2) is 5.78. The molecule has 6 nitrogen and oxygen atoms in total. The fraction of sp³-hybridized carbons (Fsp3) is 0.267. The number of H-pyrrole nitrogens is 1. The molecule has 3 N–H and O–H groups in total. The van der Waals surface area contributed by atoms with Crippen LogP contribution < -0.4 is 5.32 Å². The number of aliphatic carboxylic acids is 1. The van der Waals surface area contributed by atoms with Crippen LogP contribution in [0.4, 0.5) is 0 Å². The van der Waals surface area contributed by atoms with Gasteiger partial charge in [-0.2, -0.15) is 5.10 Å². The van der Waals surface area contributed by atoms with E-state index >= 15 is 0 Å². The van der Waals surface area contributed by atoms with Gasteiger partial charge in [0.25, 0.3) is 5.91 Å². The third kappa shape index (κ3) is 3.28. The smallest absolute Gasteiger partial charge is 0.325 e. The number of hydrogen-bond donors (Lipinski definition) is 3. The van der Waals surface area contributed by atoms with Gasteiger partial charge < -0.3 is 10.4 Å². The van der Waals surface area contributed by atoms with Gasteiger partial charge in [-0.25, -0.2) is 0 Å². The molecule has 0 spiro atoms. The Hall–Kier alpha value is -2.63. The van der Waals surface area contributed by atoms with Crippen LogP contribution >= 0.6 is 0 Å². The Labute approximate surface area is 122 Å². The van der Waals surface area contributed by atoms with Crippen molar-refractivity contribution in [3.8, 4) is 11.3 Å². The van der Waals surface area contributed by atoms with E-state index in [0.29, 0.717) is 5.69 Å². The van der Waals surface area contributed by atoms with Gasteiger partial charge in [-0.1, -0.05) is 23.8 Å². The zero-order valence-electron chi connectivity index (χ0n) is 12.1. The molecular formula is C15H17N3O3. The van der Waals surface area contributed by atoms with Crippen LogP contribution in [0.1, 0.15) is 28.5 Å². The number of nitrogens with zero attached hydrogens (tertiary/aromatic N) is 1. The van der Waals surface area contributed by atoms with E-state index < -0.39 is 17.9 Å². The maximum atomic E-state index is 11.9. The lowest BCUT2D eigenvalue weighted by Gasteiger charge is -2.07. The van der Waals surface area contributed by atoms with E-state index in [1.807, 2.05) is 32.0 Å². The van der Waals surface area contributed by atoms with Gasteiger partial charge in [0, 0.05) is 5.56 Å². The first-order chi connectivity index (χ1) is 9.88. The first-order valence-corrected chi connectivity index (χ1v) is 6.55. The molecule has 2 aromatic rings. The number of carboxylic acid groups (broad SMARTS) is 1. The van der Waals surface area contributed by atoms with Crippen molar-refractivity contribution in [2.45, 2.75) is 26.8 Å². The topological polar surface area (TPSA) is 95.1 Å². The van der Waals surface area contributed by atoms with Crippen molar-refractivity contribution in [3.63, 3.8) is 0 Å². The van der Waals surface area contributed by atoms with E-state index in [9.17, 15) is 9.59 Å². The maximum absolute atomic E-state index is 11.9. The van der Waals surface area contributed by atoms with Gasteiger partial charge >= 0.3 is 5.97 Å². The Kier molecular flexibility index (Phi) is 4.07. The summed E-state index contributed by atoms with van der Waals surface area (Å²) >= 11 is 0. The van der Waals surface area contributed by atoms with Crippen molar-refractivity contribution in [1.29, 1.82) is 0 Å². The minimum atomic E-state index is -1.09. The molecule has 0 aliphatic carbocycles. The molecule has 0 aliphatic rings. The summed E-state index contributed by atoms with van der Waals surface area (Å²) in [6, 6.07) is 6.62. The Morgan fingerprint density at radius 2 is 2.00 bits per heavy atom. The van der Waals surface area contributed by atoms with Gasteiger partial charge in [-0.3, -0.25) is 14.7 Å². The molecule has 1 aromatic carbocycles. The van der Waals surface area contributed by atoms with Gasteiger partial charge in [0.2, 0.25) is 0 Å². The lowest BCUT2D eigenvalue weighted by atomic mass is 10.0. The highest BCUT2D eigenvalue weighted by molar-refractivity contribution is 5.95. The number of carbonyl (C=O) groups is 2. The van der Waals surface area contributed by atoms with Crippen LogP contribution in [0, 0.1) is 13.8 Å². The summed E-state index contributed by atoms with van der Waals surface area (Å²) in [6.07, 6.45) is 0. The Bertz CT molecular complexity index is 691. The van der Waals surface area contributed by atoms with Gasteiger partial charge in [0.15, 0.2) is 0 Å². The van der Waals surface area contributed by atoms with E-state index in [-0.39, 0.29) is 5.69 Å². The van der Waals surface area contributed by atoms with Crippen LogP contribution in [0.5, 0.6) is 0 Å². The summed E-state index contributed by atoms with van der Waals surface area (Å²) in [5.74, 6) is -1.58. The zero-order valence-corrected chi connectivity index (χ0v) is 12.1. The summed E-state index contributed by atoms with van der Waals surface area (Å²) in [5.41, 5.74) is 4.04.